The molecule has 3 N–H and O–H groups in total. The first kappa shape index (κ1) is 15.6. The molecule has 3 aromatic rings. The van der Waals surface area contributed by atoms with E-state index in [4.69, 9.17) is 0 Å². The molecule has 3 aromatic heterocycles. The van der Waals surface area contributed by atoms with E-state index >= 15 is 0 Å². The highest BCUT2D eigenvalue weighted by atomic mass is 16.2. The molecule has 3 rings (SSSR count). The van der Waals surface area contributed by atoms with E-state index in [1.165, 1.54) is 0 Å². The highest BCUT2D eigenvalue weighted by Gasteiger charge is 2.13. The van der Waals surface area contributed by atoms with Gasteiger partial charge in [0, 0.05) is 23.7 Å². The number of carbonyl (C=O) groups is 1. The summed E-state index contributed by atoms with van der Waals surface area (Å²) in [4.78, 5) is 35.5. The van der Waals surface area contributed by atoms with Crippen LogP contribution in [-0.4, -0.2) is 31.1 Å². The molecule has 3 heterocycles. The first-order valence-electron chi connectivity index (χ1n) is 7.39. The number of aromatic nitrogens is 5. The van der Waals surface area contributed by atoms with Crippen molar-refractivity contribution in [2.45, 2.75) is 19.9 Å². The van der Waals surface area contributed by atoms with E-state index in [1.807, 2.05) is 6.07 Å². The molecule has 24 heavy (non-hydrogen) atoms. The van der Waals surface area contributed by atoms with E-state index < -0.39 is 0 Å². The van der Waals surface area contributed by atoms with E-state index in [9.17, 15) is 9.59 Å². The maximum atomic E-state index is 12.3. The molecule has 0 unspecified atom stereocenters. The number of H-pyrrole nitrogens is 2. The number of aryl methyl sites for hydroxylation is 1. The lowest BCUT2D eigenvalue weighted by atomic mass is 10.1. The smallest absolute Gasteiger partial charge is 0.255 e. The third-order valence-electron chi connectivity index (χ3n) is 3.50. The third-order valence-corrected chi connectivity index (χ3v) is 3.50. The van der Waals surface area contributed by atoms with Crippen LogP contribution in [-0.2, 0) is 17.8 Å². The van der Waals surface area contributed by atoms with Crippen LogP contribution in [0.25, 0.3) is 11.5 Å². The number of amides is 1. The van der Waals surface area contributed by atoms with Crippen molar-refractivity contribution in [3.63, 3.8) is 0 Å². The average molecular weight is 324 g/mol. The molecule has 0 atom stereocenters. The fourth-order valence-corrected chi connectivity index (χ4v) is 2.24. The molecule has 0 fully saturated rings. The van der Waals surface area contributed by atoms with E-state index in [2.05, 4.69) is 30.5 Å². The number of rotatable bonds is 5. The number of nitrogens with one attached hydrogen (secondary N) is 3. The first-order chi connectivity index (χ1) is 11.6. The summed E-state index contributed by atoms with van der Waals surface area (Å²) in [5.74, 6) is 0.130. The quantitative estimate of drug-likeness (QED) is 0.639. The zero-order chi connectivity index (χ0) is 16.9. The Morgan fingerprint density at radius 3 is 2.79 bits per heavy atom. The molecule has 0 bridgehead atoms. The molecular weight excluding hydrogens is 308 g/mol. The Balaban J connectivity index is 1.74. The molecule has 122 valence electrons. The second kappa shape index (κ2) is 6.86. The van der Waals surface area contributed by atoms with Crippen molar-refractivity contribution in [2.24, 2.45) is 0 Å². The molecule has 0 aromatic carbocycles. The van der Waals surface area contributed by atoms with Gasteiger partial charge in [0.25, 0.3) is 5.56 Å². The van der Waals surface area contributed by atoms with Crippen molar-refractivity contribution in [3.05, 3.63) is 64.0 Å². The minimum atomic E-state index is -0.333. The van der Waals surface area contributed by atoms with Gasteiger partial charge in [0.05, 0.1) is 18.7 Å². The molecule has 8 nitrogen and oxygen atoms in total. The van der Waals surface area contributed by atoms with Gasteiger partial charge in [-0.2, -0.15) is 5.10 Å². The van der Waals surface area contributed by atoms with Crippen LogP contribution in [0.1, 0.15) is 17.0 Å². The zero-order valence-corrected chi connectivity index (χ0v) is 13.0. The van der Waals surface area contributed by atoms with Crippen LogP contribution >= 0.6 is 0 Å². The zero-order valence-electron chi connectivity index (χ0n) is 13.0. The van der Waals surface area contributed by atoms with E-state index in [0.29, 0.717) is 29.3 Å². The lowest BCUT2D eigenvalue weighted by molar-refractivity contribution is -0.120. The van der Waals surface area contributed by atoms with Crippen molar-refractivity contribution in [1.82, 2.24) is 30.5 Å². The summed E-state index contributed by atoms with van der Waals surface area (Å²) >= 11 is 0. The lowest BCUT2D eigenvalue weighted by Gasteiger charge is -2.07. The number of hydrogen-bond donors (Lipinski definition) is 3. The number of hydrogen-bond acceptors (Lipinski definition) is 5. The molecular formula is C16H16N6O2. The number of carbonyl (C=O) groups excluding carboxylic acids is 1. The summed E-state index contributed by atoms with van der Waals surface area (Å²) in [7, 11) is 0. The Hall–Kier alpha value is -3.29. The maximum absolute atomic E-state index is 12.3. The Bertz CT molecular complexity index is 887. The fraction of sp³-hybridized carbons (Fsp3) is 0.188. The third kappa shape index (κ3) is 3.54. The van der Waals surface area contributed by atoms with Gasteiger partial charge in [-0.15, -0.1) is 0 Å². The fourth-order valence-electron chi connectivity index (χ4n) is 2.24. The van der Waals surface area contributed by atoms with Crippen LogP contribution in [0.2, 0.25) is 0 Å². The van der Waals surface area contributed by atoms with Gasteiger partial charge in [-0.3, -0.25) is 19.7 Å². The van der Waals surface area contributed by atoms with Gasteiger partial charge in [0.2, 0.25) is 5.91 Å². The first-order valence-corrected chi connectivity index (χ1v) is 7.39. The molecule has 0 aliphatic rings. The number of nitrogens with zero attached hydrogens (tertiary/aromatic N) is 3. The number of aromatic amines is 2. The monoisotopic (exact) mass is 324 g/mol. The summed E-state index contributed by atoms with van der Waals surface area (Å²) in [6, 6.07) is 7.12. The van der Waals surface area contributed by atoms with Crippen molar-refractivity contribution < 1.29 is 4.79 Å². The van der Waals surface area contributed by atoms with Gasteiger partial charge in [-0.05, 0) is 25.1 Å². The van der Waals surface area contributed by atoms with E-state index in [0.717, 1.165) is 5.69 Å². The van der Waals surface area contributed by atoms with E-state index in [-0.39, 0.29) is 17.9 Å². The Kier molecular flexibility index (Phi) is 4.46. The second-order valence-electron chi connectivity index (χ2n) is 5.23. The van der Waals surface area contributed by atoms with Crippen LogP contribution in [0.5, 0.6) is 0 Å². The SMILES string of the molecule is Cc1nc(-c2ccccn2)[nH]c(=O)c1CC(=O)NCc1ccn[nH]1. The van der Waals surface area contributed by atoms with Crippen LogP contribution in [0.3, 0.4) is 0 Å². The van der Waals surface area contributed by atoms with Crippen LogP contribution in [0, 0.1) is 6.92 Å². The van der Waals surface area contributed by atoms with Crippen molar-refractivity contribution in [1.29, 1.82) is 0 Å². The molecule has 0 aliphatic carbocycles. The minimum absolute atomic E-state index is 0.0369. The minimum Gasteiger partial charge on any atom is -0.350 e. The number of pyridine rings is 1. The second-order valence-corrected chi connectivity index (χ2v) is 5.23. The summed E-state index contributed by atoms with van der Waals surface area (Å²) in [6.45, 7) is 2.04. The Labute approximate surface area is 137 Å². The van der Waals surface area contributed by atoms with Crippen LogP contribution in [0.4, 0.5) is 0 Å². The molecule has 1 amide bonds. The predicted octanol–water partition coefficient (Wildman–Crippen LogP) is 0.722. The van der Waals surface area contributed by atoms with Gasteiger partial charge in [0.15, 0.2) is 5.82 Å². The molecule has 0 saturated carbocycles. The molecule has 8 heteroatoms. The van der Waals surface area contributed by atoms with Gasteiger partial charge in [-0.1, -0.05) is 6.07 Å². The average Bonchev–Trinajstić information content (AvgIpc) is 3.10. The Morgan fingerprint density at radius 1 is 1.25 bits per heavy atom. The van der Waals surface area contributed by atoms with Crippen LogP contribution in [0.15, 0.2) is 41.5 Å². The summed E-state index contributed by atoms with van der Waals surface area (Å²) in [5, 5.41) is 9.29. The molecule has 0 spiro atoms. The summed E-state index contributed by atoms with van der Waals surface area (Å²) in [5.41, 5.74) is 1.89. The van der Waals surface area contributed by atoms with Gasteiger partial charge < -0.3 is 10.3 Å². The molecule has 0 saturated heterocycles. The molecule has 0 aliphatic heterocycles. The topological polar surface area (TPSA) is 116 Å². The van der Waals surface area contributed by atoms with E-state index in [1.54, 1.807) is 37.5 Å². The van der Waals surface area contributed by atoms with Gasteiger partial charge in [0.1, 0.15) is 5.69 Å². The predicted molar refractivity (Wildman–Crippen MR) is 87.0 cm³/mol. The van der Waals surface area contributed by atoms with Crippen LogP contribution < -0.4 is 10.9 Å². The van der Waals surface area contributed by atoms with Crippen molar-refractivity contribution >= 4 is 5.91 Å². The molecule has 0 radical (unpaired) electrons. The maximum Gasteiger partial charge on any atom is 0.255 e. The van der Waals surface area contributed by atoms with Gasteiger partial charge in [-0.25, -0.2) is 4.98 Å². The van der Waals surface area contributed by atoms with Gasteiger partial charge >= 0.3 is 0 Å². The highest BCUT2D eigenvalue weighted by molar-refractivity contribution is 5.78. The highest BCUT2D eigenvalue weighted by Crippen LogP contribution is 2.11. The van der Waals surface area contributed by atoms with Crippen molar-refractivity contribution in [2.75, 3.05) is 0 Å². The Morgan fingerprint density at radius 2 is 2.12 bits per heavy atom. The lowest BCUT2D eigenvalue weighted by Crippen LogP contribution is -2.29. The standard InChI is InChI=1S/C16H16N6O2/c1-10-12(8-14(23)18-9-11-5-7-19-22-11)16(24)21-15(20-10)13-4-2-3-6-17-13/h2-7H,8-9H2,1H3,(H,18,23)(H,19,22)(H,20,21,24). The summed E-state index contributed by atoms with van der Waals surface area (Å²) in [6.07, 6.45) is 3.20. The normalized spacial score (nSPS) is 10.5. The largest absolute Gasteiger partial charge is 0.350 e. The summed E-state index contributed by atoms with van der Waals surface area (Å²) < 4.78 is 0. The van der Waals surface area contributed by atoms with Crippen molar-refractivity contribution in [3.8, 4) is 11.5 Å².